The third-order valence-corrected chi connectivity index (χ3v) is 2.29. The molecule has 0 saturated heterocycles. The first kappa shape index (κ1) is 9.65. The highest BCUT2D eigenvalue weighted by molar-refractivity contribution is 7.80. The minimum Gasteiger partial charge on any atom is -0.273 e. The van der Waals surface area contributed by atoms with Crippen molar-refractivity contribution in [3.63, 3.8) is 0 Å². The Morgan fingerprint density at radius 1 is 1.50 bits per heavy atom. The Morgan fingerprint density at radius 3 is 2.92 bits per heavy atom. The van der Waals surface area contributed by atoms with Gasteiger partial charge >= 0.3 is 0 Å². The molecule has 0 aliphatic rings. The molecule has 1 atom stereocenters. The van der Waals surface area contributed by atoms with Gasteiger partial charge in [-0.05, 0) is 30.6 Å². The molecular formula is C9H16N2S. The molecule has 12 heavy (non-hydrogen) atoms. The molecule has 1 rings (SSSR count). The van der Waals surface area contributed by atoms with E-state index in [4.69, 9.17) is 0 Å². The van der Waals surface area contributed by atoms with Crippen LogP contribution in [0.5, 0.6) is 0 Å². The highest BCUT2D eigenvalue weighted by atomic mass is 32.1. The second-order valence-corrected chi connectivity index (χ2v) is 3.62. The molecular weight excluding hydrogens is 168 g/mol. The number of nitrogens with zero attached hydrogens (tertiary/aromatic N) is 2. The van der Waals surface area contributed by atoms with E-state index in [-0.39, 0.29) is 0 Å². The zero-order chi connectivity index (χ0) is 8.81. The summed E-state index contributed by atoms with van der Waals surface area (Å²) in [5, 5.41) is 4.15. The van der Waals surface area contributed by atoms with E-state index >= 15 is 0 Å². The van der Waals surface area contributed by atoms with Gasteiger partial charge < -0.3 is 0 Å². The van der Waals surface area contributed by atoms with Crippen LogP contribution in [0.3, 0.4) is 0 Å². The van der Waals surface area contributed by atoms with Crippen LogP contribution in [0.25, 0.3) is 0 Å². The summed E-state index contributed by atoms with van der Waals surface area (Å²) in [5.74, 6) is 1.74. The zero-order valence-corrected chi connectivity index (χ0v) is 8.37. The molecule has 0 radical (unpaired) electrons. The summed E-state index contributed by atoms with van der Waals surface area (Å²) in [6.07, 6.45) is 6.23. The molecule has 1 heterocycles. The molecule has 0 aliphatic heterocycles. The molecule has 0 spiro atoms. The van der Waals surface area contributed by atoms with Gasteiger partial charge in [0.1, 0.15) is 0 Å². The first-order chi connectivity index (χ1) is 5.83. The van der Waals surface area contributed by atoms with Crippen LogP contribution < -0.4 is 0 Å². The van der Waals surface area contributed by atoms with Crippen LogP contribution in [0, 0.1) is 5.92 Å². The predicted octanol–water partition coefficient (Wildman–Crippen LogP) is 2.23. The fraction of sp³-hybridized carbons (Fsp3) is 0.667. The van der Waals surface area contributed by atoms with Gasteiger partial charge in [-0.1, -0.05) is 6.92 Å². The minimum atomic E-state index is 0.756. The fourth-order valence-corrected chi connectivity index (χ4v) is 1.59. The third-order valence-electron chi connectivity index (χ3n) is 2.03. The van der Waals surface area contributed by atoms with E-state index in [1.807, 2.05) is 23.1 Å². The fourth-order valence-electron chi connectivity index (χ4n) is 1.15. The summed E-state index contributed by atoms with van der Waals surface area (Å²) in [6.45, 7) is 3.29. The highest BCUT2D eigenvalue weighted by Crippen LogP contribution is 2.08. The molecule has 0 aromatic carbocycles. The van der Waals surface area contributed by atoms with Crippen LogP contribution in [0.15, 0.2) is 18.5 Å². The van der Waals surface area contributed by atoms with Crippen molar-refractivity contribution in [2.75, 3.05) is 5.75 Å². The Balaban J connectivity index is 2.17. The van der Waals surface area contributed by atoms with Gasteiger partial charge in [0.2, 0.25) is 0 Å². The SMILES string of the molecule is CC(CCS)CCn1cccn1. The molecule has 68 valence electrons. The van der Waals surface area contributed by atoms with Crippen molar-refractivity contribution in [3.05, 3.63) is 18.5 Å². The van der Waals surface area contributed by atoms with Crippen LogP contribution in [0.2, 0.25) is 0 Å². The molecule has 1 unspecified atom stereocenters. The maximum absolute atomic E-state index is 4.21. The Bertz CT molecular complexity index is 196. The van der Waals surface area contributed by atoms with E-state index in [1.54, 1.807) is 0 Å². The van der Waals surface area contributed by atoms with Crippen molar-refractivity contribution >= 4 is 12.6 Å². The summed E-state index contributed by atoms with van der Waals surface area (Å²) in [6, 6.07) is 1.96. The number of hydrogen-bond donors (Lipinski definition) is 1. The number of rotatable bonds is 5. The first-order valence-electron chi connectivity index (χ1n) is 4.41. The number of aromatic nitrogens is 2. The van der Waals surface area contributed by atoms with E-state index in [1.165, 1.54) is 12.8 Å². The Morgan fingerprint density at radius 2 is 2.33 bits per heavy atom. The van der Waals surface area contributed by atoms with Gasteiger partial charge in [-0.15, -0.1) is 0 Å². The van der Waals surface area contributed by atoms with Crippen LogP contribution in [0.1, 0.15) is 19.8 Å². The van der Waals surface area contributed by atoms with E-state index in [0.717, 1.165) is 18.2 Å². The van der Waals surface area contributed by atoms with Gasteiger partial charge in [-0.25, -0.2) is 0 Å². The third kappa shape index (κ3) is 3.30. The van der Waals surface area contributed by atoms with Crippen LogP contribution in [-0.4, -0.2) is 15.5 Å². The molecule has 3 heteroatoms. The van der Waals surface area contributed by atoms with Crippen molar-refractivity contribution in [3.8, 4) is 0 Å². The van der Waals surface area contributed by atoms with Crippen molar-refractivity contribution in [1.29, 1.82) is 0 Å². The zero-order valence-electron chi connectivity index (χ0n) is 7.48. The Hall–Kier alpha value is -0.440. The highest BCUT2D eigenvalue weighted by Gasteiger charge is 2.00. The van der Waals surface area contributed by atoms with E-state index in [0.29, 0.717) is 0 Å². The Labute approximate surface area is 79.4 Å². The van der Waals surface area contributed by atoms with E-state index in [2.05, 4.69) is 24.7 Å². The average Bonchev–Trinajstić information content (AvgIpc) is 2.53. The summed E-state index contributed by atoms with van der Waals surface area (Å²) in [5.41, 5.74) is 0. The van der Waals surface area contributed by atoms with Crippen molar-refractivity contribution in [2.24, 2.45) is 5.92 Å². The molecule has 2 nitrogen and oxygen atoms in total. The summed E-state index contributed by atoms with van der Waals surface area (Å²) >= 11 is 4.21. The molecule has 0 N–H and O–H groups in total. The topological polar surface area (TPSA) is 17.8 Å². The van der Waals surface area contributed by atoms with Gasteiger partial charge in [0, 0.05) is 18.9 Å². The van der Waals surface area contributed by atoms with E-state index in [9.17, 15) is 0 Å². The summed E-state index contributed by atoms with van der Waals surface area (Å²) in [4.78, 5) is 0. The lowest BCUT2D eigenvalue weighted by molar-refractivity contribution is 0.451. The normalized spacial score (nSPS) is 13.2. The summed E-state index contributed by atoms with van der Waals surface area (Å²) in [7, 11) is 0. The molecule has 0 bridgehead atoms. The Kier molecular flexibility index (Phi) is 4.22. The lowest BCUT2D eigenvalue weighted by Crippen LogP contribution is -2.04. The van der Waals surface area contributed by atoms with Gasteiger partial charge in [-0.2, -0.15) is 17.7 Å². The average molecular weight is 184 g/mol. The van der Waals surface area contributed by atoms with Gasteiger partial charge in [0.15, 0.2) is 0 Å². The number of hydrogen-bond acceptors (Lipinski definition) is 2. The molecule has 0 amide bonds. The van der Waals surface area contributed by atoms with E-state index < -0.39 is 0 Å². The smallest absolute Gasteiger partial charge is 0.0489 e. The first-order valence-corrected chi connectivity index (χ1v) is 5.04. The van der Waals surface area contributed by atoms with Crippen LogP contribution in [-0.2, 0) is 6.54 Å². The van der Waals surface area contributed by atoms with Gasteiger partial charge in [0.05, 0.1) is 0 Å². The van der Waals surface area contributed by atoms with Crippen molar-refractivity contribution in [1.82, 2.24) is 9.78 Å². The number of aryl methyl sites for hydroxylation is 1. The lowest BCUT2D eigenvalue weighted by atomic mass is 10.1. The maximum Gasteiger partial charge on any atom is 0.0489 e. The summed E-state index contributed by atoms with van der Waals surface area (Å²) < 4.78 is 1.98. The maximum atomic E-state index is 4.21. The molecule has 0 aliphatic carbocycles. The molecule has 0 fully saturated rings. The predicted molar refractivity (Wildman–Crippen MR) is 54.5 cm³/mol. The molecule has 1 aromatic heterocycles. The quantitative estimate of drug-likeness (QED) is 0.695. The second-order valence-electron chi connectivity index (χ2n) is 3.18. The van der Waals surface area contributed by atoms with Crippen LogP contribution in [0.4, 0.5) is 0 Å². The number of thiol groups is 1. The lowest BCUT2D eigenvalue weighted by Gasteiger charge is -2.08. The molecule has 1 aromatic rings. The van der Waals surface area contributed by atoms with Gasteiger partial charge in [0.25, 0.3) is 0 Å². The van der Waals surface area contributed by atoms with Crippen molar-refractivity contribution < 1.29 is 0 Å². The van der Waals surface area contributed by atoms with Crippen molar-refractivity contribution in [2.45, 2.75) is 26.3 Å². The standard InChI is InChI=1S/C9H16N2S/c1-9(4-8-12)3-7-11-6-2-5-10-11/h2,5-6,9,12H,3-4,7-8H2,1H3. The molecule has 0 saturated carbocycles. The van der Waals surface area contributed by atoms with Gasteiger partial charge in [-0.3, -0.25) is 4.68 Å². The second kappa shape index (κ2) is 5.25. The van der Waals surface area contributed by atoms with Crippen LogP contribution >= 0.6 is 12.6 Å². The minimum absolute atomic E-state index is 0.756. The largest absolute Gasteiger partial charge is 0.273 e. The monoisotopic (exact) mass is 184 g/mol.